The van der Waals surface area contributed by atoms with Crippen LogP contribution in [0.3, 0.4) is 0 Å². The zero-order valence-corrected chi connectivity index (χ0v) is 18.5. The maximum Gasteiger partial charge on any atom is 0.259 e. The lowest BCUT2D eigenvalue weighted by Gasteiger charge is -2.25. The van der Waals surface area contributed by atoms with Gasteiger partial charge in [0.2, 0.25) is 0 Å². The number of fused-ring (bicyclic) bond motifs is 4. The average Bonchev–Trinajstić information content (AvgIpc) is 3.42. The van der Waals surface area contributed by atoms with Gasteiger partial charge in [0.25, 0.3) is 11.8 Å². The van der Waals surface area contributed by atoms with Crippen molar-refractivity contribution in [1.82, 2.24) is 14.5 Å². The minimum atomic E-state index is -0.343. The van der Waals surface area contributed by atoms with Crippen molar-refractivity contribution in [2.24, 2.45) is 13.0 Å². The molecule has 33 heavy (non-hydrogen) atoms. The molecular weight excluding hydrogens is 414 g/mol. The summed E-state index contributed by atoms with van der Waals surface area (Å²) in [6, 6.07) is 16.1. The molecule has 2 amide bonds. The van der Waals surface area contributed by atoms with E-state index < -0.39 is 0 Å². The number of hydrogen-bond donors (Lipinski definition) is 2. The van der Waals surface area contributed by atoms with Crippen molar-refractivity contribution < 1.29 is 14.7 Å². The van der Waals surface area contributed by atoms with Crippen LogP contribution in [0.5, 0.6) is 0 Å². The molecule has 0 radical (unpaired) electrons. The second-order valence-electron chi connectivity index (χ2n) is 9.07. The SMILES string of the molecule is Cn1cc(C2=C(c3c4n(c5ccccc35)CC(CCO)CC4)C(=O)NC2=O)c2ccccc21. The molecule has 166 valence electrons. The van der Waals surface area contributed by atoms with Gasteiger partial charge in [-0.15, -0.1) is 0 Å². The fraction of sp³-hybridized carbons (Fsp3) is 0.259. The normalized spacial score (nSPS) is 18.4. The van der Waals surface area contributed by atoms with Gasteiger partial charge in [-0.3, -0.25) is 14.9 Å². The highest BCUT2D eigenvalue weighted by Gasteiger charge is 2.37. The molecule has 0 aliphatic carbocycles. The van der Waals surface area contributed by atoms with E-state index in [2.05, 4.69) is 16.0 Å². The third kappa shape index (κ3) is 2.91. The average molecular weight is 440 g/mol. The van der Waals surface area contributed by atoms with Crippen molar-refractivity contribution in [3.8, 4) is 0 Å². The van der Waals surface area contributed by atoms with Crippen molar-refractivity contribution in [2.75, 3.05) is 6.61 Å². The summed E-state index contributed by atoms with van der Waals surface area (Å²) in [4.78, 5) is 26.4. The van der Waals surface area contributed by atoms with Gasteiger partial charge in [0.15, 0.2) is 0 Å². The Morgan fingerprint density at radius 2 is 1.67 bits per heavy atom. The van der Waals surface area contributed by atoms with Gasteiger partial charge in [-0.2, -0.15) is 0 Å². The second-order valence-corrected chi connectivity index (χ2v) is 9.07. The third-order valence-electron chi connectivity index (χ3n) is 7.19. The number of imide groups is 1. The largest absolute Gasteiger partial charge is 0.396 e. The molecule has 1 unspecified atom stereocenters. The van der Waals surface area contributed by atoms with Crippen LogP contribution >= 0.6 is 0 Å². The number of rotatable bonds is 4. The van der Waals surface area contributed by atoms with Crippen molar-refractivity contribution in [1.29, 1.82) is 0 Å². The molecular formula is C27H25N3O3. The molecule has 1 atom stereocenters. The first kappa shape index (κ1) is 20.0. The summed E-state index contributed by atoms with van der Waals surface area (Å²) in [6.45, 7) is 0.988. The fourth-order valence-electron chi connectivity index (χ4n) is 5.70. The number of nitrogens with zero attached hydrogens (tertiary/aromatic N) is 2. The Morgan fingerprint density at radius 3 is 2.45 bits per heavy atom. The first-order valence-corrected chi connectivity index (χ1v) is 11.4. The minimum Gasteiger partial charge on any atom is -0.396 e. The molecule has 4 heterocycles. The van der Waals surface area contributed by atoms with Crippen molar-refractivity contribution >= 4 is 44.8 Å². The zero-order valence-electron chi connectivity index (χ0n) is 18.5. The van der Waals surface area contributed by atoms with Gasteiger partial charge in [-0.05, 0) is 37.3 Å². The number of nitrogens with one attached hydrogen (secondary N) is 1. The van der Waals surface area contributed by atoms with Crippen LogP contribution in [0.2, 0.25) is 0 Å². The number of amides is 2. The first-order chi connectivity index (χ1) is 16.1. The summed E-state index contributed by atoms with van der Waals surface area (Å²) >= 11 is 0. The number of aromatic nitrogens is 2. The van der Waals surface area contributed by atoms with Crippen LogP contribution in [0, 0.1) is 5.92 Å². The number of aliphatic hydroxyl groups is 1. The maximum absolute atomic E-state index is 13.3. The van der Waals surface area contributed by atoms with Gasteiger partial charge < -0.3 is 14.2 Å². The molecule has 2 aliphatic rings. The summed E-state index contributed by atoms with van der Waals surface area (Å²) in [5, 5.41) is 14.0. The molecule has 4 aromatic rings. The quantitative estimate of drug-likeness (QED) is 0.477. The van der Waals surface area contributed by atoms with E-state index in [1.54, 1.807) is 0 Å². The van der Waals surface area contributed by atoms with Crippen LogP contribution in [-0.2, 0) is 29.6 Å². The fourth-order valence-corrected chi connectivity index (χ4v) is 5.70. The number of aryl methyl sites for hydroxylation is 1. The smallest absolute Gasteiger partial charge is 0.259 e. The summed E-state index contributed by atoms with van der Waals surface area (Å²) in [5.41, 5.74) is 5.77. The van der Waals surface area contributed by atoms with Crippen LogP contribution in [0.15, 0.2) is 54.7 Å². The predicted molar refractivity (Wildman–Crippen MR) is 128 cm³/mol. The van der Waals surface area contributed by atoms with Crippen LogP contribution in [0.25, 0.3) is 33.0 Å². The number of benzene rings is 2. The van der Waals surface area contributed by atoms with Gasteiger partial charge in [0.05, 0.1) is 11.1 Å². The lowest BCUT2D eigenvalue weighted by molar-refractivity contribution is -0.122. The number of carbonyl (C=O) groups excluding carboxylic acids is 2. The number of carbonyl (C=O) groups is 2. The van der Waals surface area contributed by atoms with Crippen molar-refractivity contribution in [3.05, 3.63) is 71.5 Å². The Hall–Kier alpha value is -3.64. The highest BCUT2D eigenvalue weighted by molar-refractivity contribution is 6.51. The summed E-state index contributed by atoms with van der Waals surface area (Å²) in [6.07, 6.45) is 4.48. The van der Waals surface area contributed by atoms with E-state index >= 15 is 0 Å². The Kier molecular flexibility index (Phi) is 4.52. The van der Waals surface area contributed by atoms with Gasteiger partial charge in [0, 0.05) is 65.0 Å². The zero-order chi connectivity index (χ0) is 22.7. The summed E-state index contributed by atoms with van der Waals surface area (Å²) < 4.78 is 4.29. The number of aliphatic hydroxyl groups excluding tert-OH is 1. The van der Waals surface area contributed by atoms with E-state index in [1.165, 1.54) is 0 Å². The number of para-hydroxylation sites is 2. The van der Waals surface area contributed by atoms with Crippen molar-refractivity contribution in [3.63, 3.8) is 0 Å². The van der Waals surface area contributed by atoms with E-state index in [9.17, 15) is 14.7 Å². The molecule has 6 nitrogen and oxygen atoms in total. The predicted octanol–water partition coefficient (Wildman–Crippen LogP) is 3.65. The Balaban J connectivity index is 1.65. The second kappa shape index (κ2) is 7.46. The number of hydrogen-bond acceptors (Lipinski definition) is 3. The summed E-state index contributed by atoms with van der Waals surface area (Å²) in [5.74, 6) is -0.277. The van der Waals surface area contributed by atoms with Gasteiger partial charge in [-0.25, -0.2) is 0 Å². The topological polar surface area (TPSA) is 76.3 Å². The van der Waals surface area contributed by atoms with Crippen LogP contribution in [0.1, 0.15) is 29.7 Å². The van der Waals surface area contributed by atoms with E-state index in [0.717, 1.165) is 64.4 Å². The van der Waals surface area contributed by atoms with Crippen LogP contribution < -0.4 is 5.32 Å². The molecule has 0 saturated heterocycles. The molecule has 0 fully saturated rings. The highest BCUT2D eigenvalue weighted by atomic mass is 16.3. The minimum absolute atomic E-state index is 0.180. The third-order valence-corrected chi connectivity index (χ3v) is 7.19. The Bertz CT molecular complexity index is 1490. The van der Waals surface area contributed by atoms with Gasteiger partial charge in [-0.1, -0.05) is 36.4 Å². The molecule has 2 aromatic carbocycles. The van der Waals surface area contributed by atoms with E-state index in [4.69, 9.17) is 0 Å². The molecule has 6 heteroatoms. The van der Waals surface area contributed by atoms with Gasteiger partial charge >= 0.3 is 0 Å². The van der Waals surface area contributed by atoms with E-state index in [0.29, 0.717) is 17.1 Å². The molecule has 0 spiro atoms. The molecule has 6 rings (SSSR count). The highest BCUT2D eigenvalue weighted by Crippen LogP contribution is 2.42. The molecule has 0 saturated carbocycles. The van der Waals surface area contributed by atoms with Crippen molar-refractivity contribution in [2.45, 2.75) is 25.8 Å². The van der Waals surface area contributed by atoms with E-state index in [-0.39, 0.29) is 18.4 Å². The molecule has 2 N–H and O–H groups in total. The lowest BCUT2D eigenvalue weighted by Crippen LogP contribution is -2.23. The molecule has 2 aliphatic heterocycles. The van der Waals surface area contributed by atoms with Gasteiger partial charge in [0.1, 0.15) is 0 Å². The maximum atomic E-state index is 13.3. The van der Waals surface area contributed by atoms with Crippen LogP contribution in [0.4, 0.5) is 0 Å². The molecule has 0 bridgehead atoms. The van der Waals surface area contributed by atoms with Crippen LogP contribution in [-0.4, -0.2) is 32.7 Å². The summed E-state index contributed by atoms with van der Waals surface area (Å²) in [7, 11) is 1.96. The monoisotopic (exact) mass is 439 g/mol. The first-order valence-electron chi connectivity index (χ1n) is 11.4. The Labute approximate surface area is 191 Å². The Morgan fingerprint density at radius 1 is 0.970 bits per heavy atom. The van der Waals surface area contributed by atoms with E-state index in [1.807, 2.05) is 60.3 Å². The standard InChI is InChI=1S/C27H25N3O3/c1-29-15-19(17-6-2-4-8-20(17)29)24-25(27(33)28-26(24)32)23-18-7-3-5-9-21(18)30-14-16(12-13-31)10-11-22(23)30/h2-9,15-16,31H,10-14H2,1H3,(H,28,32,33). The lowest BCUT2D eigenvalue weighted by atomic mass is 9.90. The molecule has 2 aromatic heterocycles.